The van der Waals surface area contributed by atoms with E-state index >= 15 is 0 Å². The van der Waals surface area contributed by atoms with E-state index in [1.54, 1.807) is 7.11 Å². The summed E-state index contributed by atoms with van der Waals surface area (Å²) >= 11 is 0. The third kappa shape index (κ3) is 2.05. The van der Waals surface area contributed by atoms with Crippen LogP contribution in [-0.4, -0.2) is 19.3 Å². The molecule has 0 saturated heterocycles. The van der Waals surface area contributed by atoms with Crippen molar-refractivity contribution in [1.29, 1.82) is 0 Å². The fourth-order valence-corrected chi connectivity index (χ4v) is 2.60. The van der Waals surface area contributed by atoms with Gasteiger partial charge in [-0.1, -0.05) is 20.8 Å². The lowest BCUT2D eigenvalue weighted by Gasteiger charge is -2.47. The summed E-state index contributed by atoms with van der Waals surface area (Å²) in [5.74, 6) is 0.575. The summed E-state index contributed by atoms with van der Waals surface area (Å²) in [5.41, 5.74) is 6.23. The Balaban J connectivity index is 2.72. The minimum absolute atomic E-state index is 0.0461. The van der Waals surface area contributed by atoms with E-state index in [1.807, 2.05) is 0 Å². The van der Waals surface area contributed by atoms with Crippen LogP contribution < -0.4 is 5.73 Å². The van der Waals surface area contributed by atoms with E-state index in [0.29, 0.717) is 17.9 Å². The predicted molar refractivity (Wildman–Crippen MR) is 55.6 cm³/mol. The van der Waals surface area contributed by atoms with Gasteiger partial charge in [0.1, 0.15) is 0 Å². The Morgan fingerprint density at radius 1 is 1.38 bits per heavy atom. The van der Waals surface area contributed by atoms with Crippen LogP contribution in [0.5, 0.6) is 0 Å². The first-order valence-electron chi connectivity index (χ1n) is 5.21. The number of methoxy groups -OCH3 is 1. The minimum Gasteiger partial charge on any atom is -0.377 e. The van der Waals surface area contributed by atoms with Gasteiger partial charge in [0, 0.05) is 13.7 Å². The Labute approximate surface area is 81.8 Å². The lowest BCUT2D eigenvalue weighted by molar-refractivity contribution is -0.0933. The van der Waals surface area contributed by atoms with E-state index in [9.17, 15) is 0 Å². The normalized spacial score (nSPS) is 39.0. The van der Waals surface area contributed by atoms with E-state index in [0.717, 1.165) is 6.42 Å². The standard InChI is InChI=1S/C11H23NO/c1-9-7-10(2,3)5-6-11(9,8-12)13-4/h9H,5-8,12H2,1-4H3. The monoisotopic (exact) mass is 185 g/mol. The molecule has 78 valence electrons. The lowest BCUT2D eigenvalue weighted by Crippen LogP contribution is -2.50. The van der Waals surface area contributed by atoms with Crippen molar-refractivity contribution in [3.63, 3.8) is 0 Å². The first-order valence-corrected chi connectivity index (χ1v) is 5.21. The number of rotatable bonds is 2. The zero-order chi connectivity index (χ0) is 10.1. The largest absolute Gasteiger partial charge is 0.377 e. The van der Waals surface area contributed by atoms with Crippen molar-refractivity contribution in [2.75, 3.05) is 13.7 Å². The van der Waals surface area contributed by atoms with E-state index in [1.165, 1.54) is 12.8 Å². The minimum atomic E-state index is -0.0461. The van der Waals surface area contributed by atoms with Crippen molar-refractivity contribution in [1.82, 2.24) is 0 Å². The maximum Gasteiger partial charge on any atom is 0.0826 e. The molecule has 1 aliphatic rings. The van der Waals surface area contributed by atoms with Crippen LogP contribution in [0.4, 0.5) is 0 Å². The molecule has 1 saturated carbocycles. The molecule has 0 heterocycles. The third-order valence-corrected chi connectivity index (χ3v) is 3.73. The predicted octanol–water partition coefficient (Wildman–Crippen LogP) is 2.18. The van der Waals surface area contributed by atoms with E-state index < -0.39 is 0 Å². The van der Waals surface area contributed by atoms with Gasteiger partial charge in [-0.15, -0.1) is 0 Å². The van der Waals surface area contributed by atoms with Gasteiger partial charge in [-0.2, -0.15) is 0 Å². The molecule has 13 heavy (non-hydrogen) atoms. The van der Waals surface area contributed by atoms with Crippen LogP contribution in [0.25, 0.3) is 0 Å². The Morgan fingerprint density at radius 2 is 2.00 bits per heavy atom. The van der Waals surface area contributed by atoms with Crippen molar-refractivity contribution >= 4 is 0 Å². The molecule has 2 heteroatoms. The Morgan fingerprint density at radius 3 is 2.38 bits per heavy atom. The average molecular weight is 185 g/mol. The van der Waals surface area contributed by atoms with Crippen molar-refractivity contribution in [3.8, 4) is 0 Å². The van der Waals surface area contributed by atoms with Crippen molar-refractivity contribution in [2.24, 2.45) is 17.1 Å². The summed E-state index contributed by atoms with van der Waals surface area (Å²) in [6, 6.07) is 0. The zero-order valence-electron chi connectivity index (χ0n) is 9.39. The van der Waals surface area contributed by atoms with Crippen LogP contribution in [-0.2, 0) is 4.74 Å². The zero-order valence-corrected chi connectivity index (χ0v) is 9.39. The molecule has 0 bridgehead atoms. The van der Waals surface area contributed by atoms with Gasteiger partial charge in [-0.3, -0.25) is 0 Å². The van der Waals surface area contributed by atoms with Gasteiger partial charge in [0.05, 0.1) is 5.60 Å². The molecular formula is C11H23NO. The van der Waals surface area contributed by atoms with Crippen LogP contribution in [0.1, 0.15) is 40.0 Å². The highest BCUT2D eigenvalue weighted by molar-refractivity contribution is 4.95. The van der Waals surface area contributed by atoms with Crippen molar-refractivity contribution < 1.29 is 4.74 Å². The number of hydrogen-bond donors (Lipinski definition) is 1. The highest BCUT2D eigenvalue weighted by Gasteiger charge is 2.42. The number of nitrogens with two attached hydrogens (primary N) is 1. The summed E-state index contributed by atoms with van der Waals surface area (Å²) in [4.78, 5) is 0. The van der Waals surface area contributed by atoms with Gasteiger partial charge in [0.25, 0.3) is 0 Å². The van der Waals surface area contributed by atoms with Gasteiger partial charge in [-0.05, 0) is 30.6 Å². The molecule has 1 aliphatic carbocycles. The maximum absolute atomic E-state index is 5.80. The summed E-state index contributed by atoms with van der Waals surface area (Å²) in [5, 5.41) is 0. The maximum atomic E-state index is 5.80. The Kier molecular flexibility index (Phi) is 3.03. The second kappa shape index (κ2) is 3.58. The lowest BCUT2D eigenvalue weighted by atomic mass is 9.65. The molecule has 0 aliphatic heterocycles. The molecule has 0 amide bonds. The highest BCUT2D eigenvalue weighted by atomic mass is 16.5. The second-order valence-electron chi connectivity index (χ2n) is 5.24. The number of ether oxygens (including phenoxy) is 1. The average Bonchev–Trinajstić information content (AvgIpc) is 2.05. The highest BCUT2D eigenvalue weighted by Crippen LogP contribution is 2.44. The van der Waals surface area contributed by atoms with E-state index in [2.05, 4.69) is 20.8 Å². The summed E-state index contributed by atoms with van der Waals surface area (Å²) in [6.45, 7) is 7.58. The van der Waals surface area contributed by atoms with Crippen LogP contribution in [0, 0.1) is 11.3 Å². The van der Waals surface area contributed by atoms with Gasteiger partial charge < -0.3 is 10.5 Å². The van der Waals surface area contributed by atoms with Crippen LogP contribution in [0.2, 0.25) is 0 Å². The van der Waals surface area contributed by atoms with Crippen LogP contribution in [0.3, 0.4) is 0 Å². The molecule has 2 unspecified atom stereocenters. The fourth-order valence-electron chi connectivity index (χ4n) is 2.60. The number of hydrogen-bond acceptors (Lipinski definition) is 2. The summed E-state index contributed by atoms with van der Waals surface area (Å²) < 4.78 is 5.61. The smallest absolute Gasteiger partial charge is 0.0826 e. The fraction of sp³-hybridized carbons (Fsp3) is 1.00. The first kappa shape index (κ1) is 11.0. The molecule has 2 atom stereocenters. The molecule has 1 fully saturated rings. The molecule has 2 N–H and O–H groups in total. The van der Waals surface area contributed by atoms with Crippen molar-refractivity contribution in [2.45, 2.75) is 45.6 Å². The third-order valence-electron chi connectivity index (χ3n) is 3.73. The summed E-state index contributed by atoms with van der Waals surface area (Å²) in [6.07, 6.45) is 3.55. The summed E-state index contributed by atoms with van der Waals surface area (Å²) in [7, 11) is 1.79. The Hall–Kier alpha value is -0.0800. The van der Waals surface area contributed by atoms with Crippen LogP contribution in [0.15, 0.2) is 0 Å². The van der Waals surface area contributed by atoms with Gasteiger partial charge >= 0.3 is 0 Å². The molecular weight excluding hydrogens is 162 g/mol. The quantitative estimate of drug-likeness (QED) is 0.715. The SMILES string of the molecule is COC1(CN)CCC(C)(C)CC1C. The molecule has 0 spiro atoms. The van der Waals surface area contributed by atoms with E-state index in [-0.39, 0.29) is 5.60 Å². The van der Waals surface area contributed by atoms with Gasteiger partial charge in [0.15, 0.2) is 0 Å². The topological polar surface area (TPSA) is 35.2 Å². The molecule has 1 rings (SSSR count). The molecule has 2 nitrogen and oxygen atoms in total. The molecule has 0 radical (unpaired) electrons. The van der Waals surface area contributed by atoms with Gasteiger partial charge in [0.2, 0.25) is 0 Å². The van der Waals surface area contributed by atoms with Gasteiger partial charge in [-0.25, -0.2) is 0 Å². The Bertz CT molecular complexity index is 173. The second-order valence-corrected chi connectivity index (χ2v) is 5.24. The van der Waals surface area contributed by atoms with E-state index in [4.69, 9.17) is 10.5 Å². The molecule has 0 aromatic carbocycles. The molecule has 0 aromatic heterocycles. The first-order chi connectivity index (χ1) is 5.96. The van der Waals surface area contributed by atoms with Crippen LogP contribution >= 0.6 is 0 Å². The van der Waals surface area contributed by atoms with Crippen molar-refractivity contribution in [3.05, 3.63) is 0 Å². The molecule has 0 aromatic rings.